The lowest BCUT2D eigenvalue weighted by molar-refractivity contribution is -0.112. The number of anilines is 1. The van der Waals surface area contributed by atoms with Crippen LogP contribution < -0.4 is 5.32 Å². The van der Waals surface area contributed by atoms with Crippen molar-refractivity contribution in [1.29, 1.82) is 5.26 Å². The fraction of sp³-hybridized carbons (Fsp3) is 0.387. The van der Waals surface area contributed by atoms with Crippen LogP contribution in [0.2, 0.25) is 5.02 Å². The molecule has 1 aliphatic heterocycles. The fourth-order valence-corrected chi connectivity index (χ4v) is 6.91. The van der Waals surface area contributed by atoms with Crippen LogP contribution in [0.3, 0.4) is 0 Å². The molecule has 1 aromatic carbocycles. The van der Waals surface area contributed by atoms with E-state index in [4.69, 9.17) is 21.1 Å². The lowest BCUT2D eigenvalue weighted by Gasteiger charge is -2.31. The van der Waals surface area contributed by atoms with E-state index in [1.54, 1.807) is 13.0 Å². The van der Waals surface area contributed by atoms with Crippen molar-refractivity contribution < 1.29 is 19.1 Å². The van der Waals surface area contributed by atoms with Crippen LogP contribution in [0.5, 0.6) is 0 Å². The molecule has 2 aromatic rings. The summed E-state index contributed by atoms with van der Waals surface area (Å²) in [5, 5.41) is 14.1. The number of thiophene rings is 1. The summed E-state index contributed by atoms with van der Waals surface area (Å²) in [6, 6.07) is 9.81. The number of halogens is 1. The number of aryl methyl sites for hydroxylation is 1. The number of carbonyl (C=O) groups is 2. The number of benzene rings is 1. The largest absolute Gasteiger partial charge is 0.462 e. The third-order valence-electron chi connectivity index (χ3n) is 7.37. The summed E-state index contributed by atoms with van der Waals surface area (Å²) in [4.78, 5) is 29.7. The second kappa shape index (κ2) is 12.9. The van der Waals surface area contributed by atoms with Crippen molar-refractivity contribution in [2.24, 2.45) is 0 Å². The smallest absolute Gasteiger partial charge is 0.341 e. The number of allylic oxidation sites excluding steroid dienone is 3. The molecule has 1 N–H and O–H groups in total. The van der Waals surface area contributed by atoms with E-state index in [9.17, 15) is 14.9 Å². The Balaban J connectivity index is 1.48. The van der Waals surface area contributed by atoms with Crippen LogP contribution in [-0.2, 0) is 27.1 Å². The van der Waals surface area contributed by atoms with Crippen molar-refractivity contribution in [3.05, 3.63) is 79.3 Å². The van der Waals surface area contributed by atoms with Crippen molar-refractivity contribution in [2.75, 3.05) is 38.2 Å². The highest BCUT2D eigenvalue weighted by Crippen LogP contribution is 2.40. The van der Waals surface area contributed by atoms with E-state index < -0.39 is 11.9 Å². The monoisotopic (exact) mass is 577 g/mol. The maximum atomic E-state index is 13.4. The van der Waals surface area contributed by atoms with Gasteiger partial charge in [-0.2, -0.15) is 5.26 Å². The Hall–Kier alpha value is -3.38. The quantitative estimate of drug-likeness (QED) is 0.236. The minimum Gasteiger partial charge on any atom is -0.462 e. The van der Waals surface area contributed by atoms with Crippen molar-refractivity contribution in [3.63, 3.8) is 0 Å². The van der Waals surface area contributed by atoms with Crippen LogP contribution in [0, 0.1) is 11.3 Å². The van der Waals surface area contributed by atoms with Gasteiger partial charge in [-0.05, 0) is 92.0 Å². The standard InChI is InChI=1S/C31H32ClN3O4S/c1-2-39-31(37)27-25-5-3-4-6-26(25)40-30(27)34-29(36)23(19-33)18-22-10-9-21(17-20-7-11-24(32)12-8-20)28(22)35-13-15-38-16-14-35/h7-8,11-12,17-18H,2-6,9-10,13-16H2,1H3,(H,34,36). The maximum absolute atomic E-state index is 13.4. The van der Waals surface area contributed by atoms with Crippen LogP contribution >= 0.6 is 22.9 Å². The van der Waals surface area contributed by atoms with Gasteiger partial charge in [-0.3, -0.25) is 4.79 Å². The Labute approximate surface area is 243 Å². The molecule has 0 spiro atoms. The summed E-state index contributed by atoms with van der Waals surface area (Å²) < 4.78 is 10.9. The first-order chi connectivity index (χ1) is 19.5. The van der Waals surface area contributed by atoms with Crippen LogP contribution in [0.1, 0.15) is 59.0 Å². The van der Waals surface area contributed by atoms with E-state index in [0.29, 0.717) is 35.2 Å². The molecule has 2 aliphatic carbocycles. The normalized spacial score (nSPS) is 18.5. The van der Waals surface area contributed by atoms with Gasteiger partial charge in [0.25, 0.3) is 5.91 Å². The number of carbonyl (C=O) groups excluding carboxylic acids is 2. The molecule has 0 bridgehead atoms. The number of ether oxygens (including phenoxy) is 2. The molecular formula is C31H32ClN3O4S. The van der Waals surface area contributed by atoms with Gasteiger partial charge < -0.3 is 19.7 Å². The molecule has 40 heavy (non-hydrogen) atoms. The summed E-state index contributed by atoms with van der Waals surface area (Å²) in [6.07, 6.45) is 9.08. The molecule has 1 amide bonds. The first-order valence-corrected chi connectivity index (χ1v) is 14.9. The van der Waals surface area contributed by atoms with E-state index in [1.807, 2.05) is 24.3 Å². The number of amides is 1. The van der Waals surface area contributed by atoms with Gasteiger partial charge in [0.2, 0.25) is 0 Å². The minimum atomic E-state index is -0.518. The Bertz CT molecular complexity index is 1430. The van der Waals surface area contributed by atoms with Crippen LogP contribution in [0.25, 0.3) is 6.08 Å². The lowest BCUT2D eigenvalue weighted by Crippen LogP contribution is -2.36. The third kappa shape index (κ3) is 6.17. The Kier molecular flexibility index (Phi) is 9.05. The number of fused-ring (bicyclic) bond motifs is 1. The molecule has 0 radical (unpaired) electrons. The molecule has 0 saturated carbocycles. The van der Waals surface area contributed by atoms with Gasteiger partial charge >= 0.3 is 5.97 Å². The number of nitrogens with zero attached hydrogens (tertiary/aromatic N) is 2. The zero-order valence-electron chi connectivity index (χ0n) is 22.6. The predicted octanol–water partition coefficient (Wildman–Crippen LogP) is 6.31. The van der Waals surface area contributed by atoms with Crippen molar-refractivity contribution in [3.8, 4) is 6.07 Å². The van der Waals surface area contributed by atoms with E-state index in [1.165, 1.54) is 11.3 Å². The summed E-state index contributed by atoms with van der Waals surface area (Å²) in [6.45, 7) is 4.75. The number of nitrogens with one attached hydrogen (secondary N) is 1. The molecule has 208 valence electrons. The van der Waals surface area contributed by atoms with Gasteiger partial charge in [0.05, 0.1) is 25.4 Å². The summed E-state index contributed by atoms with van der Waals surface area (Å²) in [5.74, 6) is -0.944. The number of rotatable bonds is 7. The summed E-state index contributed by atoms with van der Waals surface area (Å²) in [5.41, 5.74) is 5.62. The number of hydrogen-bond acceptors (Lipinski definition) is 7. The Morgan fingerprint density at radius 2 is 1.90 bits per heavy atom. The van der Waals surface area contributed by atoms with Crippen LogP contribution in [0.15, 0.2) is 52.8 Å². The third-order valence-corrected chi connectivity index (χ3v) is 8.83. The van der Waals surface area contributed by atoms with E-state index in [0.717, 1.165) is 78.0 Å². The average Bonchev–Trinajstić information content (AvgIpc) is 3.53. The average molecular weight is 578 g/mol. The van der Waals surface area contributed by atoms with Gasteiger partial charge in [0.15, 0.2) is 0 Å². The molecule has 0 unspecified atom stereocenters. The highest BCUT2D eigenvalue weighted by Gasteiger charge is 2.29. The lowest BCUT2D eigenvalue weighted by atomic mass is 9.95. The summed E-state index contributed by atoms with van der Waals surface area (Å²) >= 11 is 7.50. The van der Waals surface area contributed by atoms with Crippen molar-refractivity contribution >= 4 is 45.9 Å². The Morgan fingerprint density at radius 3 is 2.62 bits per heavy atom. The molecule has 5 rings (SSSR count). The highest BCUT2D eigenvalue weighted by atomic mass is 35.5. The first kappa shape index (κ1) is 28.2. The second-order valence-corrected chi connectivity index (χ2v) is 11.5. The maximum Gasteiger partial charge on any atom is 0.341 e. The number of esters is 1. The predicted molar refractivity (Wildman–Crippen MR) is 157 cm³/mol. The Morgan fingerprint density at radius 1 is 1.15 bits per heavy atom. The second-order valence-electron chi connectivity index (χ2n) is 9.95. The van der Waals surface area contributed by atoms with Gasteiger partial charge in [-0.1, -0.05) is 23.7 Å². The minimum absolute atomic E-state index is 0.00897. The molecule has 2 heterocycles. The molecule has 7 nitrogen and oxygen atoms in total. The van der Waals surface area contributed by atoms with Crippen LogP contribution in [-0.4, -0.2) is 49.7 Å². The van der Waals surface area contributed by atoms with E-state index in [-0.39, 0.29) is 12.2 Å². The van der Waals surface area contributed by atoms with E-state index in [2.05, 4.69) is 22.4 Å². The molecular weight excluding hydrogens is 546 g/mol. The SMILES string of the molecule is CCOC(=O)c1c(NC(=O)C(C#N)=CC2=C(N3CCOCC3)C(=Cc3ccc(Cl)cc3)CC2)sc2c1CCCC2. The van der Waals surface area contributed by atoms with E-state index >= 15 is 0 Å². The van der Waals surface area contributed by atoms with Gasteiger partial charge in [-0.15, -0.1) is 11.3 Å². The molecule has 0 atom stereocenters. The summed E-state index contributed by atoms with van der Waals surface area (Å²) in [7, 11) is 0. The highest BCUT2D eigenvalue weighted by molar-refractivity contribution is 7.17. The zero-order valence-corrected chi connectivity index (χ0v) is 24.1. The topological polar surface area (TPSA) is 91.7 Å². The zero-order chi connectivity index (χ0) is 28.1. The fourth-order valence-electron chi connectivity index (χ4n) is 5.51. The van der Waals surface area contributed by atoms with Crippen molar-refractivity contribution in [1.82, 2.24) is 4.90 Å². The van der Waals surface area contributed by atoms with Gasteiger partial charge in [0.1, 0.15) is 16.6 Å². The molecule has 3 aliphatic rings. The number of morpholine rings is 1. The van der Waals surface area contributed by atoms with Crippen molar-refractivity contribution in [2.45, 2.75) is 45.4 Å². The number of hydrogen-bond donors (Lipinski definition) is 1. The molecule has 1 fully saturated rings. The first-order valence-electron chi connectivity index (χ1n) is 13.8. The molecule has 1 saturated heterocycles. The number of nitriles is 1. The molecule has 9 heteroatoms. The molecule has 1 aromatic heterocycles. The van der Waals surface area contributed by atoms with Crippen LogP contribution in [0.4, 0.5) is 5.00 Å². The van der Waals surface area contributed by atoms with Gasteiger partial charge in [-0.25, -0.2) is 4.79 Å². The van der Waals surface area contributed by atoms with Gasteiger partial charge in [0, 0.05) is 28.7 Å².